The fraction of sp³-hybridized carbons (Fsp3) is 0.364. The molecule has 0 saturated heterocycles. The number of para-hydroxylation sites is 1. The molecule has 6 nitrogen and oxygen atoms in total. The normalized spacial score (nSPS) is 16.2. The van der Waals surface area contributed by atoms with E-state index in [2.05, 4.69) is 0 Å². The first kappa shape index (κ1) is 22.6. The van der Waals surface area contributed by atoms with Crippen LogP contribution in [-0.2, 0) is 11.2 Å². The molecule has 1 amide bonds. The monoisotopic (exact) mass is 470 g/mol. The van der Waals surface area contributed by atoms with Crippen LogP contribution in [0.4, 0.5) is 0 Å². The molecule has 3 rings (SSSR count). The van der Waals surface area contributed by atoms with Crippen molar-refractivity contribution in [3.63, 3.8) is 0 Å². The third-order valence-corrected chi connectivity index (χ3v) is 7.92. The summed E-state index contributed by atoms with van der Waals surface area (Å²) in [5, 5.41) is 19.9. The van der Waals surface area contributed by atoms with Crippen molar-refractivity contribution < 1.29 is 24.4 Å². The van der Waals surface area contributed by atoms with Gasteiger partial charge in [-0.25, -0.2) is 0 Å². The summed E-state index contributed by atoms with van der Waals surface area (Å²) in [5.41, 5.74) is 3.30. The van der Waals surface area contributed by atoms with Crippen LogP contribution in [-0.4, -0.2) is 69.0 Å². The maximum absolute atomic E-state index is 12.8. The summed E-state index contributed by atoms with van der Waals surface area (Å²) in [6.45, 7) is 2.47. The van der Waals surface area contributed by atoms with Crippen molar-refractivity contribution in [2.24, 2.45) is 0 Å². The predicted octanol–water partition coefficient (Wildman–Crippen LogP) is 1.84. The van der Waals surface area contributed by atoms with Crippen LogP contribution in [0.3, 0.4) is 0 Å². The van der Waals surface area contributed by atoms with Gasteiger partial charge in [-0.3, -0.25) is 0 Å². The summed E-state index contributed by atoms with van der Waals surface area (Å²) >= 11 is -0.980. The van der Waals surface area contributed by atoms with Crippen LogP contribution in [0, 0.1) is 6.92 Å². The number of amides is 1. The number of hydrogen-bond acceptors (Lipinski definition) is 5. The van der Waals surface area contributed by atoms with Gasteiger partial charge in [0.2, 0.25) is 0 Å². The number of hydrogen-bond donors (Lipinski definition) is 2. The van der Waals surface area contributed by atoms with Crippen LogP contribution in [0.25, 0.3) is 0 Å². The molecule has 157 valence electrons. The summed E-state index contributed by atoms with van der Waals surface area (Å²) in [5.74, 6) is 0.758. The molecule has 1 radical (unpaired) electrons. The first-order chi connectivity index (χ1) is 14.3. The fourth-order valence-corrected chi connectivity index (χ4v) is 6.07. The minimum absolute atomic E-state index is 0.0354. The summed E-state index contributed by atoms with van der Waals surface area (Å²) in [4.78, 5) is 26.7. The topological polar surface area (TPSA) is 87.1 Å². The Morgan fingerprint density at radius 3 is 2.63 bits per heavy atom. The van der Waals surface area contributed by atoms with Gasteiger partial charge in [0.05, 0.1) is 0 Å². The van der Waals surface area contributed by atoms with Crippen LogP contribution in [0.15, 0.2) is 42.5 Å². The molecule has 0 fully saturated rings. The second-order valence-electron chi connectivity index (χ2n) is 7.77. The molecular weight excluding hydrogens is 444 g/mol. The molecule has 0 spiro atoms. The molecule has 1 heterocycles. The van der Waals surface area contributed by atoms with Crippen LogP contribution in [0.5, 0.6) is 5.75 Å². The van der Waals surface area contributed by atoms with Crippen molar-refractivity contribution >= 4 is 33.3 Å². The Bertz CT molecular complexity index is 933. The van der Waals surface area contributed by atoms with E-state index in [9.17, 15) is 19.6 Å². The SMILES string of the molecule is Cc1cccc2c1OCC2C[C@H]([As]C(=O)Cc1ccccc1C(=O)N(C)C)B(O)O. The van der Waals surface area contributed by atoms with E-state index in [-0.39, 0.29) is 22.8 Å². The van der Waals surface area contributed by atoms with Crippen molar-refractivity contribution in [1.29, 1.82) is 0 Å². The van der Waals surface area contributed by atoms with E-state index in [1.54, 1.807) is 38.4 Å². The van der Waals surface area contributed by atoms with E-state index in [0.29, 0.717) is 24.2 Å². The van der Waals surface area contributed by atoms with Gasteiger partial charge in [-0.05, 0) is 0 Å². The van der Waals surface area contributed by atoms with Gasteiger partial charge < -0.3 is 0 Å². The zero-order chi connectivity index (χ0) is 21.8. The van der Waals surface area contributed by atoms with E-state index in [4.69, 9.17) is 4.74 Å². The number of carbonyl (C=O) groups is 2. The number of fused-ring (bicyclic) bond motifs is 1. The van der Waals surface area contributed by atoms with Crippen LogP contribution in [0.2, 0.25) is 4.60 Å². The number of aryl methyl sites for hydroxylation is 1. The zero-order valence-corrected chi connectivity index (χ0v) is 19.3. The Morgan fingerprint density at radius 2 is 1.93 bits per heavy atom. The molecule has 2 N–H and O–H groups in total. The fourth-order valence-electron chi connectivity index (χ4n) is 3.71. The van der Waals surface area contributed by atoms with Crippen molar-refractivity contribution in [1.82, 2.24) is 4.90 Å². The summed E-state index contributed by atoms with van der Waals surface area (Å²) in [6, 6.07) is 13.0. The number of benzene rings is 2. The van der Waals surface area contributed by atoms with E-state index in [1.807, 2.05) is 25.1 Å². The molecular formula is C22H26AsBNO5. The van der Waals surface area contributed by atoms with E-state index in [0.717, 1.165) is 16.9 Å². The zero-order valence-electron chi connectivity index (χ0n) is 17.4. The van der Waals surface area contributed by atoms with Gasteiger partial charge in [-0.15, -0.1) is 0 Å². The predicted molar refractivity (Wildman–Crippen MR) is 117 cm³/mol. The third kappa shape index (κ3) is 5.15. The second-order valence-corrected chi connectivity index (χ2v) is 10.8. The van der Waals surface area contributed by atoms with Gasteiger partial charge >= 0.3 is 184 Å². The molecule has 0 bridgehead atoms. The molecule has 0 aliphatic carbocycles. The Labute approximate surface area is 184 Å². The van der Waals surface area contributed by atoms with Gasteiger partial charge in [-0.2, -0.15) is 0 Å². The average Bonchev–Trinajstić information content (AvgIpc) is 3.11. The maximum atomic E-state index is 12.8. The number of rotatable bonds is 8. The first-order valence-corrected chi connectivity index (χ1v) is 11.9. The molecule has 2 atom stereocenters. The van der Waals surface area contributed by atoms with E-state index in [1.165, 1.54) is 4.90 Å². The molecule has 30 heavy (non-hydrogen) atoms. The Balaban J connectivity index is 1.70. The van der Waals surface area contributed by atoms with Crippen molar-refractivity contribution in [3.05, 3.63) is 64.7 Å². The average molecular weight is 470 g/mol. The molecule has 2 aromatic rings. The first-order valence-electron chi connectivity index (χ1n) is 9.89. The van der Waals surface area contributed by atoms with Crippen molar-refractivity contribution in [2.75, 3.05) is 20.7 Å². The molecule has 1 aliphatic heterocycles. The van der Waals surface area contributed by atoms with Crippen LogP contribution < -0.4 is 4.74 Å². The molecule has 1 unspecified atom stereocenters. The van der Waals surface area contributed by atoms with Crippen molar-refractivity contribution in [3.8, 4) is 5.75 Å². The Kier molecular flexibility index (Phi) is 7.40. The standard InChI is InChI=1S/C22H26AsBNO5/c1-14-7-6-10-17-16(13-30-21(14)17)11-19(24(28)29)23-20(26)12-15-8-4-5-9-18(15)22(27)25(2)3/h4-10,16,19,28-29H,11-13H2,1-3H3/t16?,19-/m1/s1. The van der Waals surface area contributed by atoms with Gasteiger partial charge in [-0.1, -0.05) is 0 Å². The summed E-state index contributed by atoms with van der Waals surface area (Å²) in [7, 11) is 1.80. The van der Waals surface area contributed by atoms with Crippen molar-refractivity contribution in [2.45, 2.75) is 30.3 Å². The molecule has 8 heteroatoms. The van der Waals surface area contributed by atoms with Gasteiger partial charge in [0.1, 0.15) is 0 Å². The summed E-state index contributed by atoms with van der Waals surface area (Å²) < 4.78 is 5.26. The molecule has 0 aromatic heterocycles. The van der Waals surface area contributed by atoms with E-state index < -0.39 is 27.5 Å². The number of carbonyl (C=O) groups excluding carboxylic acids is 2. The minimum atomic E-state index is -1.55. The number of ether oxygens (including phenoxy) is 1. The third-order valence-electron chi connectivity index (χ3n) is 5.29. The van der Waals surface area contributed by atoms with Gasteiger partial charge in [0.25, 0.3) is 0 Å². The molecule has 1 aliphatic rings. The Morgan fingerprint density at radius 1 is 1.20 bits per heavy atom. The van der Waals surface area contributed by atoms with Gasteiger partial charge in [0.15, 0.2) is 0 Å². The molecule has 2 aromatic carbocycles. The number of nitrogens with zero attached hydrogens (tertiary/aromatic N) is 1. The van der Waals surface area contributed by atoms with Crippen LogP contribution >= 0.6 is 0 Å². The summed E-state index contributed by atoms with van der Waals surface area (Å²) in [6.07, 6.45) is 0.605. The molecule has 0 saturated carbocycles. The van der Waals surface area contributed by atoms with E-state index >= 15 is 0 Å². The quantitative estimate of drug-likeness (QED) is 0.576. The van der Waals surface area contributed by atoms with Gasteiger partial charge in [0, 0.05) is 0 Å². The van der Waals surface area contributed by atoms with Crippen LogP contribution in [0.1, 0.15) is 39.4 Å². The second kappa shape index (κ2) is 9.82. The Hall–Kier alpha value is -2.08.